The molecule has 2 saturated carbocycles. The molecule has 0 unspecified atom stereocenters. The molecule has 0 radical (unpaired) electrons. The van der Waals surface area contributed by atoms with Crippen LogP contribution in [0.1, 0.15) is 63.5 Å². The smallest absolute Gasteiger partial charge is 0.346 e. The van der Waals surface area contributed by atoms with Gasteiger partial charge in [0.15, 0.2) is 11.4 Å². The number of aromatic nitrogens is 2. The fourth-order valence-corrected chi connectivity index (χ4v) is 4.16. The van der Waals surface area contributed by atoms with E-state index in [4.69, 9.17) is 9.47 Å². The van der Waals surface area contributed by atoms with Crippen LogP contribution < -0.4 is 9.47 Å². The minimum atomic E-state index is -1.27. The van der Waals surface area contributed by atoms with Gasteiger partial charge in [-0.3, -0.25) is 4.40 Å². The Labute approximate surface area is 169 Å². The summed E-state index contributed by atoms with van der Waals surface area (Å²) in [6, 6.07) is 5.46. The Morgan fingerprint density at radius 1 is 1.14 bits per heavy atom. The fourth-order valence-electron chi connectivity index (χ4n) is 4.16. The van der Waals surface area contributed by atoms with Crippen LogP contribution in [0.25, 0.3) is 11.7 Å². The standard InChI is InChI=1S/C22H25N3O4/c23-14-15(22(26)27)13-18-21(29-17-9-4-5-10-17)24-20-19(11-6-12-25(18)20)28-16-7-2-1-3-8-16/h6,11-13,16-17H,1-5,7-10H2,(H,26,27). The molecule has 2 aliphatic rings. The number of rotatable bonds is 6. The second-order valence-corrected chi connectivity index (χ2v) is 7.75. The fraction of sp³-hybridized carbons (Fsp3) is 0.500. The van der Waals surface area contributed by atoms with Crippen molar-refractivity contribution in [2.45, 2.75) is 70.0 Å². The summed E-state index contributed by atoms with van der Waals surface area (Å²) in [4.78, 5) is 16.0. The van der Waals surface area contributed by atoms with Crippen LogP contribution in [0.15, 0.2) is 23.9 Å². The van der Waals surface area contributed by atoms with Crippen LogP contribution in [-0.4, -0.2) is 32.7 Å². The zero-order chi connectivity index (χ0) is 20.2. The van der Waals surface area contributed by atoms with Crippen LogP contribution in [0.4, 0.5) is 0 Å². The number of carboxylic acid groups (broad SMARTS) is 1. The largest absolute Gasteiger partial charge is 0.487 e. The summed E-state index contributed by atoms with van der Waals surface area (Å²) in [5, 5.41) is 18.5. The van der Waals surface area contributed by atoms with Crippen molar-refractivity contribution in [1.29, 1.82) is 5.26 Å². The van der Waals surface area contributed by atoms with Gasteiger partial charge in [0.05, 0.1) is 6.10 Å². The lowest BCUT2D eigenvalue weighted by Crippen LogP contribution is -2.19. The molecule has 2 aromatic heterocycles. The molecule has 29 heavy (non-hydrogen) atoms. The number of hydrogen-bond acceptors (Lipinski definition) is 5. The molecule has 7 nitrogen and oxygen atoms in total. The second kappa shape index (κ2) is 8.56. The number of ether oxygens (including phenoxy) is 2. The first-order chi connectivity index (χ1) is 14.2. The number of imidazole rings is 1. The molecule has 0 atom stereocenters. The summed E-state index contributed by atoms with van der Waals surface area (Å²) < 4.78 is 14.1. The van der Waals surface area contributed by atoms with Crippen molar-refractivity contribution in [3.8, 4) is 17.7 Å². The normalized spacial score (nSPS) is 18.7. The maximum Gasteiger partial charge on any atom is 0.346 e. The molecule has 2 fully saturated rings. The van der Waals surface area contributed by atoms with Crippen LogP contribution in [0.3, 0.4) is 0 Å². The molecule has 0 saturated heterocycles. The Morgan fingerprint density at radius 3 is 2.45 bits per heavy atom. The average Bonchev–Trinajstić information content (AvgIpc) is 3.35. The summed E-state index contributed by atoms with van der Waals surface area (Å²) in [7, 11) is 0. The van der Waals surface area contributed by atoms with Crippen LogP contribution in [0.5, 0.6) is 11.6 Å². The molecule has 0 aromatic carbocycles. The van der Waals surface area contributed by atoms with E-state index >= 15 is 0 Å². The van der Waals surface area contributed by atoms with Crippen molar-refractivity contribution in [2.75, 3.05) is 0 Å². The minimum Gasteiger partial charge on any atom is -0.487 e. The number of carbonyl (C=O) groups is 1. The van der Waals surface area contributed by atoms with Gasteiger partial charge in [0.2, 0.25) is 5.88 Å². The van der Waals surface area contributed by atoms with Crippen LogP contribution in [-0.2, 0) is 4.79 Å². The van der Waals surface area contributed by atoms with Gasteiger partial charge in [-0.2, -0.15) is 10.2 Å². The Hall–Kier alpha value is -3.01. The van der Waals surface area contributed by atoms with Gasteiger partial charge in [0, 0.05) is 6.20 Å². The first-order valence-corrected chi connectivity index (χ1v) is 10.3. The van der Waals surface area contributed by atoms with Gasteiger partial charge in [-0.1, -0.05) is 6.42 Å². The lowest BCUT2D eigenvalue weighted by atomic mass is 9.98. The maximum absolute atomic E-state index is 11.4. The van der Waals surface area contributed by atoms with E-state index in [9.17, 15) is 15.2 Å². The van der Waals surface area contributed by atoms with Crippen molar-refractivity contribution >= 4 is 17.7 Å². The number of aliphatic carboxylic acids is 1. The highest BCUT2D eigenvalue weighted by Crippen LogP contribution is 2.33. The van der Waals surface area contributed by atoms with Gasteiger partial charge >= 0.3 is 5.97 Å². The molecule has 7 heteroatoms. The third-order valence-electron chi connectivity index (χ3n) is 5.68. The van der Waals surface area contributed by atoms with E-state index in [-0.39, 0.29) is 17.8 Å². The minimum absolute atomic E-state index is 0.0603. The molecule has 0 amide bonds. The predicted octanol–water partition coefficient (Wildman–Crippen LogP) is 4.36. The van der Waals surface area contributed by atoms with Gasteiger partial charge in [-0.25, -0.2) is 4.79 Å². The zero-order valence-corrected chi connectivity index (χ0v) is 16.3. The van der Waals surface area contributed by atoms with E-state index in [0.29, 0.717) is 23.0 Å². The van der Waals surface area contributed by atoms with Gasteiger partial charge in [-0.15, -0.1) is 0 Å². The number of nitrogens with zero attached hydrogens (tertiary/aromatic N) is 3. The second-order valence-electron chi connectivity index (χ2n) is 7.75. The topological polar surface area (TPSA) is 96.9 Å². The molecule has 2 heterocycles. The van der Waals surface area contributed by atoms with Crippen LogP contribution in [0, 0.1) is 11.3 Å². The van der Waals surface area contributed by atoms with Crippen molar-refractivity contribution in [3.05, 3.63) is 29.6 Å². The molecule has 152 valence electrons. The number of nitriles is 1. The molecule has 0 aliphatic heterocycles. The summed E-state index contributed by atoms with van der Waals surface area (Å²) in [6.45, 7) is 0. The summed E-state index contributed by atoms with van der Waals surface area (Å²) >= 11 is 0. The highest BCUT2D eigenvalue weighted by molar-refractivity contribution is 5.96. The zero-order valence-electron chi connectivity index (χ0n) is 16.3. The van der Waals surface area contributed by atoms with Gasteiger partial charge in [-0.05, 0) is 69.6 Å². The molecular formula is C22H25N3O4. The number of hydrogen-bond donors (Lipinski definition) is 1. The lowest BCUT2D eigenvalue weighted by molar-refractivity contribution is -0.132. The quantitative estimate of drug-likeness (QED) is 0.577. The molecule has 0 bridgehead atoms. The first kappa shape index (κ1) is 19.3. The highest BCUT2D eigenvalue weighted by Gasteiger charge is 2.24. The van der Waals surface area contributed by atoms with E-state index in [1.165, 1.54) is 12.5 Å². The van der Waals surface area contributed by atoms with Crippen molar-refractivity contribution in [1.82, 2.24) is 9.38 Å². The van der Waals surface area contributed by atoms with E-state index in [1.807, 2.05) is 12.1 Å². The molecule has 2 aromatic rings. The lowest BCUT2D eigenvalue weighted by Gasteiger charge is -2.23. The molecule has 2 aliphatic carbocycles. The maximum atomic E-state index is 11.4. The highest BCUT2D eigenvalue weighted by atomic mass is 16.5. The predicted molar refractivity (Wildman–Crippen MR) is 107 cm³/mol. The Balaban J connectivity index is 1.76. The Bertz CT molecular complexity index is 960. The summed E-state index contributed by atoms with van der Waals surface area (Å²) in [6.07, 6.45) is 13.1. The molecule has 4 rings (SSSR count). The first-order valence-electron chi connectivity index (χ1n) is 10.3. The van der Waals surface area contributed by atoms with E-state index in [2.05, 4.69) is 4.98 Å². The number of pyridine rings is 1. The molecular weight excluding hydrogens is 370 g/mol. The Kier molecular flexibility index (Phi) is 5.70. The monoisotopic (exact) mass is 395 g/mol. The summed E-state index contributed by atoms with van der Waals surface area (Å²) in [5.74, 6) is -0.265. The van der Waals surface area contributed by atoms with Crippen LogP contribution >= 0.6 is 0 Å². The van der Waals surface area contributed by atoms with E-state index in [1.54, 1.807) is 16.7 Å². The number of fused-ring (bicyclic) bond motifs is 1. The van der Waals surface area contributed by atoms with Gasteiger partial charge in [0.1, 0.15) is 23.4 Å². The van der Waals surface area contributed by atoms with Gasteiger partial charge in [0.25, 0.3) is 0 Å². The van der Waals surface area contributed by atoms with Crippen molar-refractivity contribution in [3.63, 3.8) is 0 Å². The molecule has 0 spiro atoms. The SMILES string of the molecule is N#CC(=Cc1c(OC2CCCC2)nc2c(OC3CCCCC3)cccn12)C(=O)O. The van der Waals surface area contributed by atoms with Crippen molar-refractivity contribution < 1.29 is 19.4 Å². The van der Waals surface area contributed by atoms with E-state index in [0.717, 1.165) is 51.4 Å². The third-order valence-corrected chi connectivity index (χ3v) is 5.68. The van der Waals surface area contributed by atoms with Crippen LogP contribution in [0.2, 0.25) is 0 Å². The van der Waals surface area contributed by atoms with Gasteiger partial charge < -0.3 is 14.6 Å². The average molecular weight is 395 g/mol. The number of carboxylic acids is 1. The summed E-state index contributed by atoms with van der Waals surface area (Å²) in [5.41, 5.74) is 0.682. The Morgan fingerprint density at radius 2 is 1.79 bits per heavy atom. The third kappa shape index (κ3) is 4.21. The van der Waals surface area contributed by atoms with Crippen molar-refractivity contribution in [2.24, 2.45) is 0 Å². The molecule has 1 N–H and O–H groups in total. The van der Waals surface area contributed by atoms with E-state index < -0.39 is 5.97 Å².